The van der Waals surface area contributed by atoms with Crippen LogP contribution in [0.4, 0.5) is 0 Å². The van der Waals surface area contributed by atoms with Crippen molar-refractivity contribution < 1.29 is 14.6 Å². The average Bonchev–Trinajstić information content (AvgIpc) is 2.29. The summed E-state index contributed by atoms with van der Waals surface area (Å²) in [6.45, 7) is 0.441. The summed E-state index contributed by atoms with van der Waals surface area (Å²) in [5.74, 6) is 0. The van der Waals surface area contributed by atoms with Gasteiger partial charge >= 0.3 is 0 Å². The molecule has 1 aliphatic rings. The largest absolute Gasteiger partial charge is 0.390 e. The Morgan fingerprint density at radius 3 is 2.83 bits per heavy atom. The predicted octanol–water partition coefficient (Wildman–Crippen LogP) is -1.52. The van der Waals surface area contributed by atoms with Crippen LogP contribution < -0.4 is 5.32 Å². The van der Waals surface area contributed by atoms with Crippen LogP contribution in [0.1, 0.15) is 0 Å². The third-order valence-electron chi connectivity index (χ3n) is 2.10. The van der Waals surface area contributed by atoms with Crippen molar-refractivity contribution in [1.82, 2.24) is 5.32 Å². The first-order valence-electron chi connectivity index (χ1n) is 3.96. The van der Waals surface area contributed by atoms with E-state index in [0.717, 1.165) is 0 Å². The smallest absolute Gasteiger partial charge is 0.112 e. The number of aliphatic hydroxyl groups excluding tert-OH is 1. The molecule has 2 radical (unpaired) electrons. The lowest BCUT2D eigenvalue weighted by atomic mass is 9.92. The van der Waals surface area contributed by atoms with Gasteiger partial charge < -0.3 is 19.9 Å². The van der Waals surface area contributed by atoms with E-state index in [1.807, 2.05) is 0 Å². The SMILES string of the molecule is [B][C@@H]1O[C@H](COC)C(NC)[C@@H]1O. The summed E-state index contributed by atoms with van der Waals surface area (Å²) >= 11 is 0. The second-order valence-electron chi connectivity index (χ2n) is 2.90. The highest BCUT2D eigenvalue weighted by Crippen LogP contribution is 2.18. The van der Waals surface area contributed by atoms with Crippen LogP contribution in [0.5, 0.6) is 0 Å². The Kier molecular flexibility index (Phi) is 3.52. The summed E-state index contributed by atoms with van der Waals surface area (Å²) in [6, 6.07) is -0.748. The first-order chi connectivity index (χ1) is 5.70. The number of aliphatic hydroxyl groups is 1. The number of likely N-dealkylation sites (N-methyl/N-ethyl adjacent to an activating group) is 1. The van der Waals surface area contributed by atoms with Crippen LogP contribution in [0.25, 0.3) is 0 Å². The van der Waals surface area contributed by atoms with E-state index in [1.54, 1.807) is 14.2 Å². The summed E-state index contributed by atoms with van der Waals surface area (Å²) in [4.78, 5) is 0. The molecule has 68 valence electrons. The minimum Gasteiger partial charge on any atom is -0.390 e. The molecule has 0 aromatic carbocycles. The molecule has 12 heavy (non-hydrogen) atoms. The Bertz CT molecular complexity index is 147. The normalized spacial score (nSPS) is 41.9. The summed E-state index contributed by atoms with van der Waals surface area (Å²) in [5.41, 5.74) is 0. The standard InChI is InChI=1S/C7H14BNO3/c1-9-5-4(3-11-2)12-7(8)6(5)10/h4-7,9-10H,3H2,1-2H3/t4-,5?,6+,7-/m1/s1. The molecule has 4 nitrogen and oxygen atoms in total. The fourth-order valence-corrected chi connectivity index (χ4v) is 1.46. The topological polar surface area (TPSA) is 50.7 Å². The molecule has 1 fully saturated rings. The van der Waals surface area contributed by atoms with Crippen LogP contribution in [0.2, 0.25) is 0 Å². The monoisotopic (exact) mass is 171 g/mol. The van der Waals surface area contributed by atoms with Crippen LogP contribution in [0, 0.1) is 0 Å². The van der Waals surface area contributed by atoms with Gasteiger partial charge in [-0.25, -0.2) is 0 Å². The van der Waals surface area contributed by atoms with Gasteiger partial charge in [0.25, 0.3) is 0 Å². The van der Waals surface area contributed by atoms with Crippen molar-refractivity contribution in [3.05, 3.63) is 0 Å². The molecule has 2 N–H and O–H groups in total. The Labute approximate surface area is 73.6 Å². The molecule has 1 unspecified atom stereocenters. The first-order valence-corrected chi connectivity index (χ1v) is 3.96. The van der Waals surface area contributed by atoms with Crippen molar-refractivity contribution in [2.75, 3.05) is 20.8 Å². The second kappa shape index (κ2) is 4.23. The average molecular weight is 171 g/mol. The predicted molar refractivity (Wildman–Crippen MR) is 45.1 cm³/mol. The molecular weight excluding hydrogens is 157 g/mol. The zero-order chi connectivity index (χ0) is 9.14. The van der Waals surface area contributed by atoms with Crippen molar-refractivity contribution in [3.8, 4) is 0 Å². The molecule has 0 amide bonds. The zero-order valence-corrected chi connectivity index (χ0v) is 7.36. The third kappa shape index (κ3) is 1.80. The molecule has 1 saturated heterocycles. The highest BCUT2D eigenvalue weighted by molar-refractivity contribution is 6.11. The highest BCUT2D eigenvalue weighted by Gasteiger charge is 2.39. The van der Waals surface area contributed by atoms with Crippen LogP contribution in [0.15, 0.2) is 0 Å². The van der Waals surface area contributed by atoms with Crippen LogP contribution >= 0.6 is 0 Å². The Balaban J connectivity index is 2.52. The number of rotatable bonds is 3. The number of methoxy groups -OCH3 is 1. The molecule has 0 aromatic rings. The minimum atomic E-state index is -0.657. The van der Waals surface area contributed by atoms with Crippen LogP contribution in [-0.4, -0.2) is 58.0 Å². The Hall–Kier alpha value is -0.0951. The third-order valence-corrected chi connectivity index (χ3v) is 2.10. The molecule has 1 rings (SSSR count). The summed E-state index contributed by atoms with van der Waals surface area (Å²) in [5, 5.41) is 12.4. The number of ether oxygens (including phenoxy) is 2. The van der Waals surface area contributed by atoms with E-state index in [0.29, 0.717) is 6.61 Å². The van der Waals surface area contributed by atoms with Gasteiger partial charge in [-0.1, -0.05) is 0 Å². The van der Waals surface area contributed by atoms with E-state index in [4.69, 9.17) is 17.3 Å². The maximum absolute atomic E-state index is 9.49. The van der Waals surface area contributed by atoms with Crippen molar-refractivity contribution >= 4 is 7.85 Å². The van der Waals surface area contributed by atoms with E-state index < -0.39 is 12.1 Å². The van der Waals surface area contributed by atoms with Gasteiger partial charge in [0.2, 0.25) is 0 Å². The summed E-state index contributed by atoms with van der Waals surface area (Å²) in [6.07, 6.45) is -0.819. The van der Waals surface area contributed by atoms with Gasteiger partial charge in [0.1, 0.15) is 7.85 Å². The van der Waals surface area contributed by atoms with Crippen molar-refractivity contribution in [1.29, 1.82) is 0 Å². The van der Waals surface area contributed by atoms with E-state index in [9.17, 15) is 5.11 Å². The van der Waals surface area contributed by atoms with Gasteiger partial charge in [-0.3, -0.25) is 0 Å². The summed E-state index contributed by atoms with van der Waals surface area (Å²) < 4.78 is 10.2. The molecular formula is C7H14BNO3. The van der Waals surface area contributed by atoms with E-state index in [1.165, 1.54) is 0 Å². The fourth-order valence-electron chi connectivity index (χ4n) is 1.46. The molecule has 0 spiro atoms. The molecule has 5 heteroatoms. The van der Waals surface area contributed by atoms with E-state index in [-0.39, 0.29) is 12.1 Å². The fraction of sp³-hybridized carbons (Fsp3) is 1.00. The number of hydrogen-bond donors (Lipinski definition) is 2. The van der Waals surface area contributed by atoms with E-state index in [2.05, 4.69) is 5.32 Å². The maximum atomic E-state index is 9.49. The molecule has 0 saturated carbocycles. The van der Waals surface area contributed by atoms with Gasteiger partial charge in [0, 0.05) is 13.1 Å². The van der Waals surface area contributed by atoms with Gasteiger partial charge in [-0.05, 0) is 7.05 Å². The highest BCUT2D eigenvalue weighted by atomic mass is 16.5. The van der Waals surface area contributed by atoms with Crippen LogP contribution in [-0.2, 0) is 9.47 Å². The lowest BCUT2D eigenvalue weighted by Crippen LogP contribution is -2.44. The molecule has 0 aliphatic carbocycles. The van der Waals surface area contributed by atoms with Crippen molar-refractivity contribution in [3.63, 3.8) is 0 Å². The lowest BCUT2D eigenvalue weighted by Gasteiger charge is -2.18. The lowest BCUT2D eigenvalue weighted by molar-refractivity contribution is 0.0128. The molecule has 0 aromatic heterocycles. The van der Waals surface area contributed by atoms with Crippen molar-refractivity contribution in [2.24, 2.45) is 0 Å². The molecule has 1 heterocycles. The van der Waals surface area contributed by atoms with Gasteiger partial charge in [0.15, 0.2) is 0 Å². The molecule has 0 bridgehead atoms. The first kappa shape index (κ1) is 9.99. The zero-order valence-electron chi connectivity index (χ0n) is 7.36. The Morgan fingerprint density at radius 2 is 2.33 bits per heavy atom. The number of nitrogens with one attached hydrogen (secondary N) is 1. The minimum absolute atomic E-state index is 0.139. The van der Waals surface area contributed by atoms with E-state index >= 15 is 0 Å². The number of hydrogen-bond acceptors (Lipinski definition) is 4. The summed E-state index contributed by atoms with van der Waals surface area (Å²) in [7, 11) is 8.85. The van der Waals surface area contributed by atoms with Gasteiger partial charge in [-0.15, -0.1) is 0 Å². The van der Waals surface area contributed by atoms with Gasteiger partial charge in [-0.2, -0.15) is 0 Å². The molecule has 4 atom stereocenters. The molecule has 1 aliphatic heterocycles. The quantitative estimate of drug-likeness (QED) is 0.506. The van der Waals surface area contributed by atoms with Crippen molar-refractivity contribution in [2.45, 2.75) is 24.3 Å². The van der Waals surface area contributed by atoms with Gasteiger partial charge in [0.05, 0.1) is 24.9 Å². The second-order valence-corrected chi connectivity index (χ2v) is 2.90. The maximum Gasteiger partial charge on any atom is 0.112 e. The Morgan fingerprint density at radius 1 is 1.67 bits per heavy atom. The van der Waals surface area contributed by atoms with Crippen LogP contribution in [0.3, 0.4) is 0 Å².